The van der Waals surface area contributed by atoms with Crippen molar-refractivity contribution in [1.29, 1.82) is 0 Å². The monoisotopic (exact) mass is 161 g/mol. The third-order valence-electron chi connectivity index (χ3n) is 1.70. The molecule has 4 heteroatoms. The van der Waals surface area contributed by atoms with Crippen molar-refractivity contribution in [1.82, 2.24) is 14.4 Å². The fourth-order valence-corrected chi connectivity index (χ4v) is 1.12. The van der Waals surface area contributed by atoms with Crippen molar-refractivity contribution in [3.8, 4) is 0 Å². The molecule has 0 saturated carbocycles. The van der Waals surface area contributed by atoms with Crippen LogP contribution in [0.4, 0.5) is 0 Å². The lowest BCUT2D eigenvalue weighted by Crippen LogP contribution is -1.89. The first-order chi connectivity index (χ1) is 5.81. The van der Waals surface area contributed by atoms with E-state index < -0.39 is 0 Å². The van der Waals surface area contributed by atoms with Crippen LogP contribution in [0.2, 0.25) is 0 Å². The van der Waals surface area contributed by atoms with E-state index in [4.69, 9.17) is 0 Å². The smallest absolute Gasteiger partial charge is 0.170 e. The van der Waals surface area contributed by atoms with Crippen LogP contribution in [0.1, 0.15) is 16.2 Å². The number of rotatable bonds is 1. The molecule has 0 aliphatic rings. The quantitative estimate of drug-likeness (QED) is 0.582. The van der Waals surface area contributed by atoms with Crippen LogP contribution in [0.25, 0.3) is 5.65 Å². The van der Waals surface area contributed by atoms with Crippen LogP contribution in [0, 0.1) is 6.92 Å². The number of hydrogen-bond donors (Lipinski definition) is 0. The topological polar surface area (TPSA) is 47.3 Å². The minimum atomic E-state index is 0.436. The van der Waals surface area contributed by atoms with E-state index in [9.17, 15) is 4.79 Å². The number of nitrogens with zero attached hydrogens (tertiary/aromatic N) is 3. The van der Waals surface area contributed by atoms with Gasteiger partial charge in [0.05, 0.1) is 6.20 Å². The summed E-state index contributed by atoms with van der Waals surface area (Å²) in [5, 5.41) is 0. The van der Waals surface area contributed by atoms with E-state index >= 15 is 0 Å². The van der Waals surface area contributed by atoms with Crippen molar-refractivity contribution in [2.75, 3.05) is 0 Å². The summed E-state index contributed by atoms with van der Waals surface area (Å²) in [6.07, 6.45) is 5.77. The average Bonchev–Trinajstić information content (AvgIpc) is 2.49. The SMILES string of the molecule is Cc1cncc2nc(C=O)cn12. The first kappa shape index (κ1) is 6.97. The summed E-state index contributed by atoms with van der Waals surface area (Å²) in [5.41, 5.74) is 2.11. The first-order valence-corrected chi connectivity index (χ1v) is 3.56. The largest absolute Gasteiger partial charge is 0.301 e. The van der Waals surface area contributed by atoms with Crippen LogP contribution in [-0.4, -0.2) is 20.7 Å². The number of aromatic nitrogens is 3. The highest BCUT2D eigenvalue weighted by molar-refractivity contribution is 5.73. The number of aryl methyl sites for hydroxylation is 1. The molecule has 60 valence electrons. The van der Waals surface area contributed by atoms with Gasteiger partial charge in [-0.3, -0.25) is 9.78 Å². The minimum absolute atomic E-state index is 0.436. The Bertz CT molecular complexity index is 433. The van der Waals surface area contributed by atoms with Gasteiger partial charge in [0.2, 0.25) is 0 Å². The summed E-state index contributed by atoms with van der Waals surface area (Å²) in [7, 11) is 0. The van der Waals surface area contributed by atoms with Gasteiger partial charge in [0.25, 0.3) is 0 Å². The molecule has 0 radical (unpaired) electrons. The minimum Gasteiger partial charge on any atom is -0.301 e. The maximum atomic E-state index is 10.4. The molecule has 2 heterocycles. The van der Waals surface area contributed by atoms with E-state index in [1.165, 1.54) is 0 Å². The zero-order valence-electron chi connectivity index (χ0n) is 6.56. The van der Waals surface area contributed by atoms with Crippen molar-refractivity contribution >= 4 is 11.9 Å². The molecule has 0 bridgehead atoms. The van der Waals surface area contributed by atoms with E-state index in [-0.39, 0.29) is 0 Å². The van der Waals surface area contributed by atoms with Crippen LogP contribution in [0.3, 0.4) is 0 Å². The summed E-state index contributed by atoms with van der Waals surface area (Å²) >= 11 is 0. The lowest BCUT2D eigenvalue weighted by atomic mass is 10.5. The van der Waals surface area contributed by atoms with Crippen molar-refractivity contribution in [2.24, 2.45) is 0 Å². The Hall–Kier alpha value is -1.71. The molecule has 0 aliphatic heterocycles. The maximum Gasteiger partial charge on any atom is 0.170 e. The highest BCUT2D eigenvalue weighted by atomic mass is 16.1. The lowest BCUT2D eigenvalue weighted by molar-refractivity contribution is 0.111. The Morgan fingerprint density at radius 1 is 1.50 bits per heavy atom. The molecule has 0 unspecified atom stereocenters. The standard InChI is InChI=1S/C8H7N3O/c1-6-2-9-3-8-10-7(5-12)4-11(6)8/h2-5H,1H3. The van der Waals surface area contributed by atoms with E-state index in [2.05, 4.69) is 9.97 Å². The van der Waals surface area contributed by atoms with Gasteiger partial charge < -0.3 is 4.40 Å². The van der Waals surface area contributed by atoms with Crippen molar-refractivity contribution in [2.45, 2.75) is 6.92 Å². The lowest BCUT2D eigenvalue weighted by Gasteiger charge is -1.94. The van der Waals surface area contributed by atoms with Gasteiger partial charge in [-0.05, 0) is 6.92 Å². The maximum absolute atomic E-state index is 10.4. The van der Waals surface area contributed by atoms with Crippen LogP contribution in [0.5, 0.6) is 0 Å². The number of aldehydes is 1. The number of imidazole rings is 1. The van der Waals surface area contributed by atoms with E-state index in [0.29, 0.717) is 11.3 Å². The molecule has 0 aliphatic carbocycles. The summed E-state index contributed by atoms with van der Waals surface area (Å²) in [5.74, 6) is 0. The van der Waals surface area contributed by atoms with Crippen molar-refractivity contribution in [3.63, 3.8) is 0 Å². The average molecular weight is 161 g/mol. The normalized spacial score (nSPS) is 10.4. The van der Waals surface area contributed by atoms with Gasteiger partial charge in [0, 0.05) is 18.1 Å². The fraction of sp³-hybridized carbons (Fsp3) is 0.125. The van der Waals surface area contributed by atoms with Crippen LogP contribution in [0.15, 0.2) is 18.6 Å². The summed E-state index contributed by atoms with van der Waals surface area (Å²) in [4.78, 5) is 18.4. The molecule has 0 atom stereocenters. The van der Waals surface area contributed by atoms with Gasteiger partial charge in [-0.25, -0.2) is 4.98 Å². The second kappa shape index (κ2) is 2.41. The molecule has 2 aromatic heterocycles. The van der Waals surface area contributed by atoms with Gasteiger partial charge in [-0.2, -0.15) is 0 Å². The molecular weight excluding hydrogens is 154 g/mol. The Labute approximate surface area is 68.9 Å². The highest BCUT2D eigenvalue weighted by Gasteiger charge is 2.00. The van der Waals surface area contributed by atoms with Gasteiger partial charge >= 0.3 is 0 Å². The Morgan fingerprint density at radius 3 is 3.00 bits per heavy atom. The number of carbonyl (C=O) groups excluding carboxylic acids is 1. The molecule has 0 aromatic carbocycles. The summed E-state index contributed by atoms with van der Waals surface area (Å²) in [6, 6.07) is 0. The third kappa shape index (κ3) is 0.887. The molecular formula is C8H7N3O. The van der Waals surface area contributed by atoms with Gasteiger partial charge in [0.15, 0.2) is 11.9 Å². The van der Waals surface area contributed by atoms with Crippen LogP contribution >= 0.6 is 0 Å². The van der Waals surface area contributed by atoms with E-state index in [1.54, 1.807) is 18.6 Å². The number of fused-ring (bicyclic) bond motifs is 1. The predicted molar refractivity (Wildman–Crippen MR) is 43.1 cm³/mol. The fourth-order valence-electron chi connectivity index (χ4n) is 1.12. The van der Waals surface area contributed by atoms with E-state index in [1.807, 2.05) is 11.3 Å². The molecule has 2 aromatic rings. The molecule has 0 saturated heterocycles. The zero-order valence-corrected chi connectivity index (χ0v) is 6.56. The Kier molecular flexibility index (Phi) is 1.40. The van der Waals surface area contributed by atoms with Crippen LogP contribution in [-0.2, 0) is 0 Å². The second-order valence-corrected chi connectivity index (χ2v) is 2.56. The predicted octanol–water partition coefficient (Wildman–Crippen LogP) is 0.850. The number of hydrogen-bond acceptors (Lipinski definition) is 3. The second-order valence-electron chi connectivity index (χ2n) is 2.56. The Balaban J connectivity index is 2.82. The molecule has 0 fully saturated rings. The molecule has 12 heavy (non-hydrogen) atoms. The highest BCUT2D eigenvalue weighted by Crippen LogP contribution is 2.04. The summed E-state index contributed by atoms with van der Waals surface area (Å²) < 4.78 is 1.83. The van der Waals surface area contributed by atoms with Gasteiger partial charge in [-0.1, -0.05) is 0 Å². The van der Waals surface area contributed by atoms with Crippen molar-refractivity contribution in [3.05, 3.63) is 30.0 Å². The summed E-state index contributed by atoms with van der Waals surface area (Å²) in [6.45, 7) is 1.91. The number of carbonyl (C=O) groups is 1. The van der Waals surface area contributed by atoms with Crippen molar-refractivity contribution < 1.29 is 4.79 Å². The Morgan fingerprint density at radius 2 is 2.33 bits per heavy atom. The third-order valence-corrected chi connectivity index (χ3v) is 1.70. The molecule has 2 rings (SSSR count). The van der Waals surface area contributed by atoms with Gasteiger partial charge in [0.1, 0.15) is 5.69 Å². The van der Waals surface area contributed by atoms with Gasteiger partial charge in [-0.15, -0.1) is 0 Å². The van der Waals surface area contributed by atoms with Crippen LogP contribution < -0.4 is 0 Å². The first-order valence-electron chi connectivity index (χ1n) is 3.56. The molecule has 0 N–H and O–H groups in total. The zero-order chi connectivity index (χ0) is 8.55. The molecule has 0 amide bonds. The molecule has 4 nitrogen and oxygen atoms in total. The van der Waals surface area contributed by atoms with E-state index in [0.717, 1.165) is 12.0 Å². The molecule has 0 spiro atoms.